The van der Waals surface area contributed by atoms with Crippen LogP contribution in [0.2, 0.25) is 0 Å². The first-order valence-electron chi connectivity index (χ1n) is 7.08. The van der Waals surface area contributed by atoms with E-state index in [0.29, 0.717) is 31.2 Å². The van der Waals surface area contributed by atoms with Crippen LogP contribution in [0.15, 0.2) is 10.7 Å². The minimum absolute atomic E-state index is 0.193. The van der Waals surface area contributed by atoms with Crippen molar-refractivity contribution in [3.05, 3.63) is 12.0 Å². The summed E-state index contributed by atoms with van der Waals surface area (Å²) in [5, 5.41) is 3.08. The number of esters is 1. The van der Waals surface area contributed by atoms with Crippen LogP contribution < -0.4 is 5.32 Å². The molecule has 0 aromatic carbocycles. The largest absolute Gasteiger partial charge is 0.461 e. The van der Waals surface area contributed by atoms with Crippen LogP contribution in [0.3, 0.4) is 0 Å². The minimum Gasteiger partial charge on any atom is -0.461 e. The third kappa shape index (κ3) is 4.85. The van der Waals surface area contributed by atoms with Gasteiger partial charge in [-0.2, -0.15) is 4.98 Å². The highest BCUT2D eigenvalue weighted by atomic mass is 16.5. The summed E-state index contributed by atoms with van der Waals surface area (Å²) in [6.45, 7) is 12.4. The second kappa shape index (κ2) is 7.89. The summed E-state index contributed by atoms with van der Waals surface area (Å²) in [7, 11) is 0. The van der Waals surface area contributed by atoms with E-state index in [-0.39, 0.29) is 5.69 Å². The molecule has 1 aromatic heterocycles. The molecule has 0 aliphatic rings. The van der Waals surface area contributed by atoms with Crippen LogP contribution in [-0.4, -0.2) is 47.6 Å². The SMILES string of the molecule is CCOC(=O)c1coc(NCCN(C(C)C)C(C)C)n1. The Kier molecular flexibility index (Phi) is 6.51. The topological polar surface area (TPSA) is 67.6 Å². The van der Waals surface area contributed by atoms with Gasteiger partial charge < -0.3 is 14.5 Å². The summed E-state index contributed by atoms with van der Waals surface area (Å²) in [5.41, 5.74) is 0.193. The number of hydrogen-bond donors (Lipinski definition) is 1. The molecular formula is C14H25N3O3. The van der Waals surface area contributed by atoms with E-state index >= 15 is 0 Å². The normalized spacial score (nSPS) is 11.4. The van der Waals surface area contributed by atoms with Crippen molar-refractivity contribution in [2.75, 3.05) is 25.0 Å². The van der Waals surface area contributed by atoms with E-state index in [4.69, 9.17) is 9.15 Å². The van der Waals surface area contributed by atoms with Crippen LogP contribution in [0.5, 0.6) is 0 Å². The molecule has 0 unspecified atom stereocenters. The lowest BCUT2D eigenvalue weighted by Gasteiger charge is -2.30. The Morgan fingerprint density at radius 2 is 2.05 bits per heavy atom. The first-order chi connectivity index (χ1) is 9.45. The van der Waals surface area contributed by atoms with Crippen molar-refractivity contribution < 1.29 is 13.9 Å². The summed E-state index contributed by atoms with van der Waals surface area (Å²) in [5.74, 6) is -0.463. The average Bonchev–Trinajstić information content (AvgIpc) is 2.82. The molecule has 20 heavy (non-hydrogen) atoms. The molecule has 0 amide bonds. The maximum Gasteiger partial charge on any atom is 0.360 e. The lowest BCUT2D eigenvalue weighted by molar-refractivity contribution is 0.0519. The number of carbonyl (C=O) groups excluding carboxylic acids is 1. The Morgan fingerprint density at radius 3 is 2.60 bits per heavy atom. The fourth-order valence-electron chi connectivity index (χ4n) is 2.06. The number of nitrogens with one attached hydrogen (secondary N) is 1. The first kappa shape index (κ1) is 16.5. The van der Waals surface area contributed by atoms with E-state index in [1.165, 1.54) is 6.26 Å². The number of carbonyl (C=O) groups is 1. The second-order valence-corrected chi connectivity index (χ2v) is 5.11. The van der Waals surface area contributed by atoms with Crippen LogP contribution in [0.1, 0.15) is 45.1 Å². The van der Waals surface area contributed by atoms with Gasteiger partial charge >= 0.3 is 5.97 Å². The summed E-state index contributed by atoms with van der Waals surface area (Å²) < 4.78 is 10.0. The molecule has 1 N–H and O–H groups in total. The van der Waals surface area contributed by atoms with Gasteiger partial charge in [0.25, 0.3) is 6.01 Å². The first-order valence-corrected chi connectivity index (χ1v) is 7.08. The minimum atomic E-state index is -0.463. The molecule has 0 radical (unpaired) electrons. The van der Waals surface area contributed by atoms with Crippen molar-refractivity contribution in [3.63, 3.8) is 0 Å². The van der Waals surface area contributed by atoms with Gasteiger partial charge in [0.2, 0.25) is 0 Å². The van der Waals surface area contributed by atoms with E-state index in [2.05, 4.69) is 42.9 Å². The molecule has 0 aliphatic heterocycles. The molecule has 1 rings (SSSR count). The molecule has 0 saturated heterocycles. The highest BCUT2D eigenvalue weighted by Gasteiger charge is 2.15. The molecule has 0 aliphatic carbocycles. The zero-order valence-electron chi connectivity index (χ0n) is 13.0. The second-order valence-electron chi connectivity index (χ2n) is 5.11. The zero-order valence-corrected chi connectivity index (χ0v) is 13.0. The Labute approximate surface area is 120 Å². The van der Waals surface area contributed by atoms with Gasteiger partial charge in [-0.25, -0.2) is 4.79 Å². The Morgan fingerprint density at radius 1 is 1.40 bits per heavy atom. The quantitative estimate of drug-likeness (QED) is 0.739. The predicted octanol–water partition coefficient (Wildman–Crippen LogP) is 2.38. The van der Waals surface area contributed by atoms with Crippen LogP contribution in [0, 0.1) is 0 Å². The van der Waals surface area contributed by atoms with Crippen LogP contribution in [0.4, 0.5) is 6.01 Å². The van der Waals surface area contributed by atoms with Gasteiger partial charge in [-0.1, -0.05) is 0 Å². The number of oxazole rings is 1. The van der Waals surface area contributed by atoms with E-state index in [0.717, 1.165) is 6.54 Å². The molecule has 0 bridgehead atoms. The molecule has 0 fully saturated rings. The third-order valence-electron chi connectivity index (χ3n) is 2.96. The number of ether oxygens (including phenoxy) is 1. The highest BCUT2D eigenvalue weighted by molar-refractivity contribution is 5.87. The van der Waals surface area contributed by atoms with Crippen LogP contribution in [-0.2, 0) is 4.74 Å². The van der Waals surface area contributed by atoms with Gasteiger partial charge in [0.1, 0.15) is 6.26 Å². The van der Waals surface area contributed by atoms with E-state index in [9.17, 15) is 4.79 Å². The molecule has 1 heterocycles. The molecule has 1 aromatic rings. The number of nitrogens with zero attached hydrogens (tertiary/aromatic N) is 2. The van der Waals surface area contributed by atoms with E-state index < -0.39 is 5.97 Å². The number of hydrogen-bond acceptors (Lipinski definition) is 6. The third-order valence-corrected chi connectivity index (χ3v) is 2.96. The molecule has 0 saturated carbocycles. The summed E-state index contributed by atoms with van der Waals surface area (Å²) >= 11 is 0. The summed E-state index contributed by atoms with van der Waals surface area (Å²) in [4.78, 5) is 17.8. The summed E-state index contributed by atoms with van der Waals surface area (Å²) in [6, 6.07) is 1.31. The molecular weight excluding hydrogens is 258 g/mol. The number of anilines is 1. The van der Waals surface area contributed by atoms with Gasteiger partial charge in [-0.15, -0.1) is 0 Å². The number of rotatable bonds is 8. The Balaban J connectivity index is 2.44. The van der Waals surface area contributed by atoms with Gasteiger partial charge in [0.05, 0.1) is 6.61 Å². The van der Waals surface area contributed by atoms with Gasteiger partial charge in [-0.05, 0) is 34.6 Å². The molecule has 114 valence electrons. The number of aromatic nitrogens is 1. The van der Waals surface area contributed by atoms with Crippen molar-refractivity contribution in [1.29, 1.82) is 0 Å². The summed E-state index contributed by atoms with van der Waals surface area (Å²) in [6.07, 6.45) is 1.31. The molecule has 0 spiro atoms. The van der Waals surface area contributed by atoms with Gasteiger partial charge in [0.15, 0.2) is 5.69 Å². The monoisotopic (exact) mass is 283 g/mol. The van der Waals surface area contributed by atoms with E-state index in [1.54, 1.807) is 6.92 Å². The van der Waals surface area contributed by atoms with Crippen molar-refractivity contribution in [3.8, 4) is 0 Å². The highest BCUT2D eigenvalue weighted by Crippen LogP contribution is 2.09. The maximum atomic E-state index is 11.4. The molecule has 6 nitrogen and oxygen atoms in total. The standard InChI is InChI=1S/C14H25N3O3/c1-6-19-13(18)12-9-20-14(16-12)15-7-8-17(10(2)3)11(4)5/h9-11H,6-8H2,1-5H3,(H,15,16). The zero-order chi connectivity index (χ0) is 15.1. The van der Waals surface area contributed by atoms with Crippen LogP contribution >= 0.6 is 0 Å². The predicted molar refractivity (Wildman–Crippen MR) is 77.9 cm³/mol. The van der Waals surface area contributed by atoms with Gasteiger partial charge in [-0.3, -0.25) is 4.90 Å². The molecule has 6 heteroatoms. The smallest absolute Gasteiger partial charge is 0.360 e. The fourth-order valence-corrected chi connectivity index (χ4v) is 2.06. The van der Waals surface area contributed by atoms with Crippen molar-refractivity contribution in [2.45, 2.75) is 46.7 Å². The average molecular weight is 283 g/mol. The Bertz CT molecular complexity index is 408. The van der Waals surface area contributed by atoms with Gasteiger partial charge in [0, 0.05) is 25.2 Å². The molecule has 0 atom stereocenters. The lowest BCUT2D eigenvalue weighted by atomic mass is 10.2. The van der Waals surface area contributed by atoms with Crippen molar-refractivity contribution >= 4 is 12.0 Å². The fraction of sp³-hybridized carbons (Fsp3) is 0.714. The maximum absolute atomic E-state index is 11.4. The van der Waals surface area contributed by atoms with E-state index in [1.807, 2.05) is 0 Å². The van der Waals surface area contributed by atoms with Crippen molar-refractivity contribution in [1.82, 2.24) is 9.88 Å². The Hall–Kier alpha value is -1.56. The van der Waals surface area contributed by atoms with Crippen molar-refractivity contribution in [2.24, 2.45) is 0 Å². The van der Waals surface area contributed by atoms with Crippen LogP contribution in [0.25, 0.3) is 0 Å². The lowest BCUT2D eigenvalue weighted by Crippen LogP contribution is -2.40.